The maximum atomic E-state index is 13.3. The highest BCUT2D eigenvalue weighted by Gasteiger charge is 2.32. The first-order chi connectivity index (χ1) is 19.2. The van der Waals surface area contributed by atoms with Crippen molar-refractivity contribution in [1.82, 2.24) is 16.0 Å². The van der Waals surface area contributed by atoms with E-state index in [1.165, 1.54) is 24.3 Å². The molecule has 0 saturated heterocycles. The van der Waals surface area contributed by atoms with Crippen molar-refractivity contribution in [3.05, 3.63) is 29.8 Å². The number of amides is 4. The van der Waals surface area contributed by atoms with Crippen LogP contribution in [0.4, 0.5) is 0 Å². The second-order valence-corrected chi connectivity index (χ2v) is 9.76. The molecule has 13 N–H and O–H groups in total. The van der Waals surface area contributed by atoms with Crippen LogP contribution < -0.4 is 38.9 Å². The molecule has 4 amide bonds. The molecule has 1 aromatic rings. The minimum Gasteiger partial charge on any atom is -0.508 e. The molecule has 0 fully saturated rings. The number of guanidine groups is 1. The molecule has 0 spiro atoms. The van der Waals surface area contributed by atoms with E-state index in [-0.39, 0.29) is 49.9 Å². The van der Waals surface area contributed by atoms with E-state index in [2.05, 4.69) is 20.9 Å². The lowest BCUT2D eigenvalue weighted by atomic mass is 9.96. The summed E-state index contributed by atoms with van der Waals surface area (Å²) < 4.78 is 0. The lowest BCUT2D eigenvalue weighted by Gasteiger charge is -2.28. The third-order valence-corrected chi connectivity index (χ3v) is 6.40. The molecule has 0 aliphatic heterocycles. The first-order valence-electron chi connectivity index (χ1n) is 13.3. The summed E-state index contributed by atoms with van der Waals surface area (Å²) in [6.45, 7) is 3.81. The molecule has 5 unspecified atom stereocenters. The van der Waals surface area contributed by atoms with Crippen LogP contribution in [0.15, 0.2) is 29.3 Å². The Hall–Kier alpha value is -4.40. The number of nitrogens with two attached hydrogens (primary N) is 4. The van der Waals surface area contributed by atoms with E-state index in [1.54, 1.807) is 6.92 Å². The number of hydrogen-bond acceptors (Lipinski definition) is 8. The van der Waals surface area contributed by atoms with E-state index in [1.807, 2.05) is 6.92 Å². The number of rotatable bonds is 18. The number of phenolic OH excluding ortho intramolecular Hbond substituents is 1. The maximum Gasteiger partial charge on any atom is 0.326 e. The molecule has 5 atom stereocenters. The highest BCUT2D eigenvalue weighted by atomic mass is 16.4. The van der Waals surface area contributed by atoms with Crippen LogP contribution in [0.2, 0.25) is 0 Å². The predicted molar refractivity (Wildman–Crippen MR) is 151 cm³/mol. The number of carbonyl (C=O) groups is 5. The van der Waals surface area contributed by atoms with Crippen molar-refractivity contribution in [3.8, 4) is 5.75 Å². The molecule has 1 aromatic carbocycles. The monoisotopic (exact) mass is 578 g/mol. The number of hydrogen-bond donors (Lipinski definition) is 9. The van der Waals surface area contributed by atoms with Gasteiger partial charge in [-0.3, -0.25) is 24.2 Å². The molecule has 41 heavy (non-hydrogen) atoms. The van der Waals surface area contributed by atoms with Crippen LogP contribution in [-0.4, -0.2) is 76.5 Å². The number of carbonyl (C=O) groups excluding carboxylic acids is 4. The maximum absolute atomic E-state index is 13.3. The number of aliphatic imine (C=N–C) groups is 1. The zero-order chi connectivity index (χ0) is 31.1. The van der Waals surface area contributed by atoms with Crippen molar-refractivity contribution in [2.24, 2.45) is 33.8 Å². The average molecular weight is 579 g/mol. The summed E-state index contributed by atoms with van der Waals surface area (Å²) in [6, 6.07) is 1.05. The lowest BCUT2D eigenvalue weighted by molar-refractivity contribution is -0.142. The topological polar surface area (TPSA) is 278 Å². The molecule has 0 heterocycles. The number of carboxylic acid groups (broad SMARTS) is 1. The van der Waals surface area contributed by atoms with E-state index in [0.29, 0.717) is 18.4 Å². The number of nitrogens with zero attached hydrogens (tertiary/aromatic N) is 1. The van der Waals surface area contributed by atoms with E-state index in [0.717, 1.165) is 0 Å². The van der Waals surface area contributed by atoms with Crippen LogP contribution in [0.5, 0.6) is 5.75 Å². The number of primary amides is 1. The summed E-state index contributed by atoms with van der Waals surface area (Å²) in [7, 11) is 0. The molecular weight excluding hydrogens is 536 g/mol. The molecule has 15 heteroatoms. The molecule has 15 nitrogen and oxygen atoms in total. The van der Waals surface area contributed by atoms with E-state index in [9.17, 15) is 34.2 Å². The molecule has 0 radical (unpaired) electrons. The Balaban J connectivity index is 3.01. The van der Waals surface area contributed by atoms with Gasteiger partial charge in [-0.15, -0.1) is 0 Å². The molecule has 0 aromatic heterocycles. The molecule has 0 bridgehead atoms. The summed E-state index contributed by atoms with van der Waals surface area (Å²) in [5, 5.41) is 26.6. The zero-order valence-corrected chi connectivity index (χ0v) is 23.3. The van der Waals surface area contributed by atoms with E-state index < -0.39 is 53.8 Å². The summed E-state index contributed by atoms with van der Waals surface area (Å²) in [6.07, 6.45) is 0.586. The van der Waals surface area contributed by atoms with Gasteiger partial charge in [-0.05, 0) is 42.9 Å². The minimum absolute atomic E-state index is 0.00580. The van der Waals surface area contributed by atoms with Crippen molar-refractivity contribution in [3.63, 3.8) is 0 Å². The third-order valence-electron chi connectivity index (χ3n) is 6.40. The fourth-order valence-electron chi connectivity index (χ4n) is 3.77. The van der Waals surface area contributed by atoms with Crippen molar-refractivity contribution < 1.29 is 34.2 Å². The molecule has 0 aliphatic carbocycles. The standard InChI is InChI=1S/C26H42N8O7/c1-3-14(2)21(34-22(37)17(27)5-4-12-31-26(29)30)24(39)32-18(10-11-20(28)36)23(38)33-19(25(40)41)13-15-6-8-16(35)9-7-15/h6-9,14,17-19,21,35H,3-5,10-13,27H2,1-2H3,(H2,28,36)(H,32,39)(H,33,38)(H,34,37)(H,40,41)(H4,29,30,31). The van der Waals surface area contributed by atoms with Gasteiger partial charge in [0.1, 0.15) is 23.9 Å². The lowest BCUT2D eigenvalue weighted by Crippen LogP contribution is -2.58. The van der Waals surface area contributed by atoms with Gasteiger partial charge in [0.2, 0.25) is 23.6 Å². The van der Waals surface area contributed by atoms with Gasteiger partial charge in [-0.25, -0.2) is 4.79 Å². The predicted octanol–water partition coefficient (Wildman–Crippen LogP) is -1.83. The van der Waals surface area contributed by atoms with Gasteiger partial charge in [0.15, 0.2) is 5.96 Å². The van der Waals surface area contributed by atoms with Crippen molar-refractivity contribution in [2.45, 2.75) is 76.5 Å². The van der Waals surface area contributed by atoms with Crippen LogP contribution in [0.1, 0.15) is 51.5 Å². The number of phenols is 1. The van der Waals surface area contributed by atoms with Crippen LogP contribution in [-0.2, 0) is 30.4 Å². The van der Waals surface area contributed by atoms with Gasteiger partial charge < -0.3 is 49.1 Å². The van der Waals surface area contributed by atoms with Gasteiger partial charge in [0, 0.05) is 19.4 Å². The fourth-order valence-corrected chi connectivity index (χ4v) is 3.77. The highest BCUT2D eigenvalue weighted by molar-refractivity contribution is 5.94. The molecular formula is C26H42N8O7. The Kier molecular flexibility index (Phi) is 14.6. The second-order valence-electron chi connectivity index (χ2n) is 9.76. The van der Waals surface area contributed by atoms with Crippen molar-refractivity contribution in [2.75, 3.05) is 6.54 Å². The third kappa shape index (κ3) is 13.0. The quantitative estimate of drug-likeness (QED) is 0.0533. The Labute approximate surface area is 238 Å². The zero-order valence-electron chi connectivity index (χ0n) is 23.3. The summed E-state index contributed by atoms with van der Waals surface area (Å²) in [5.74, 6) is -4.66. The van der Waals surface area contributed by atoms with E-state index in [4.69, 9.17) is 22.9 Å². The van der Waals surface area contributed by atoms with Gasteiger partial charge in [0.25, 0.3) is 0 Å². The Morgan fingerprint density at radius 2 is 1.51 bits per heavy atom. The molecule has 1 rings (SSSR count). The number of nitrogens with one attached hydrogen (secondary N) is 3. The van der Waals surface area contributed by atoms with Crippen LogP contribution in [0.25, 0.3) is 0 Å². The number of aliphatic carboxylic acids is 1. The average Bonchev–Trinajstić information content (AvgIpc) is 2.91. The molecule has 0 aliphatic rings. The van der Waals surface area contributed by atoms with Gasteiger partial charge in [-0.1, -0.05) is 32.4 Å². The second kappa shape index (κ2) is 17.3. The first kappa shape index (κ1) is 34.6. The van der Waals surface area contributed by atoms with Gasteiger partial charge in [0.05, 0.1) is 6.04 Å². The van der Waals surface area contributed by atoms with Crippen molar-refractivity contribution >= 4 is 35.6 Å². The molecule has 0 saturated carbocycles. The number of carboxylic acids is 1. The molecule has 228 valence electrons. The van der Waals surface area contributed by atoms with Crippen LogP contribution in [0.3, 0.4) is 0 Å². The van der Waals surface area contributed by atoms with Crippen molar-refractivity contribution in [1.29, 1.82) is 0 Å². The highest BCUT2D eigenvalue weighted by Crippen LogP contribution is 2.13. The SMILES string of the molecule is CCC(C)C(NC(=O)C(N)CCCN=C(N)N)C(=O)NC(CCC(N)=O)C(=O)NC(Cc1ccc(O)cc1)C(=O)O. The normalized spacial score (nSPS) is 14.4. The Morgan fingerprint density at radius 3 is 2.05 bits per heavy atom. The van der Waals surface area contributed by atoms with E-state index >= 15 is 0 Å². The minimum atomic E-state index is -1.37. The fraction of sp³-hybridized carbons (Fsp3) is 0.538. The summed E-state index contributed by atoms with van der Waals surface area (Å²) >= 11 is 0. The van der Waals surface area contributed by atoms with Crippen LogP contribution >= 0.6 is 0 Å². The Morgan fingerprint density at radius 1 is 0.902 bits per heavy atom. The van der Waals surface area contributed by atoms with Gasteiger partial charge in [-0.2, -0.15) is 0 Å². The smallest absolute Gasteiger partial charge is 0.326 e. The first-order valence-corrected chi connectivity index (χ1v) is 13.3. The van der Waals surface area contributed by atoms with Gasteiger partial charge >= 0.3 is 5.97 Å². The number of benzene rings is 1. The number of aromatic hydroxyl groups is 1. The Bertz CT molecular complexity index is 1080. The van der Waals surface area contributed by atoms with Crippen LogP contribution in [0, 0.1) is 5.92 Å². The summed E-state index contributed by atoms with van der Waals surface area (Å²) in [5.41, 5.74) is 22.3. The largest absolute Gasteiger partial charge is 0.508 e. The summed E-state index contributed by atoms with van der Waals surface area (Å²) in [4.78, 5) is 66.3.